The molecule has 0 unspecified atom stereocenters. The Bertz CT molecular complexity index is 400. The van der Waals surface area contributed by atoms with Crippen molar-refractivity contribution in [3.05, 3.63) is 23.3 Å². The number of hydrogen-bond donors (Lipinski definition) is 1. The van der Waals surface area contributed by atoms with Gasteiger partial charge in [0.25, 0.3) is 0 Å². The molecule has 0 amide bonds. The SMILES string of the molecule is COCc1ccc(OC)c(OC)c1CC(=O)O. The summed E-state index contributed by atoms with van der Waals surface area (Å²) in [4.78, 5) is 10.9. The van der Waals surface area contributed by atoms with Crippen LogP contribution >= 0.6 is 0 Å². The number of rotatable bonds is 6. The van der Waals surface area contributed by atoms with E-state index in [0.717, 1.165) is 5.56 Å². The molecule has 1 aromatic carbocycles. The van der Waals surface area contributed by atoms with Gasteiger partial charge in [0.15, 0.2) is 11.5 Å². The lowest BCUT2D eigenvalue weighted by molar-refractivity contribution is -0.136. The smallest absolute Gasteiger partial charge is 0.307 e. The van der Waals surface area contributed by atoms with Gasteiger partial charge in [-0.1, -0.05) is 6.07 Å². The van der Waals surface area contributed by atoms with Gasteiger partial charge in [-0.15, -0.1) is 0 Å². The zero-order valence-corrected chi connectivity index (χ0v) is 10.1. The molecule has 0 fully saturated rings. The minimum absolute atomic E-state index is 0.126. The van der Waals surface area contributed by atoms with Crippen LogP contribution in [0.25, 0.3) is 0 Å². The monoisotopic (exact) mass is 240 g/mol. The Kier molecular flexibility index (Phi) is 4.78. The van der Waals surface area contributed by atoms with E-state index in [1.165, 1.54) is 14.2 Å². The van der Waals surface area contributed by atoms with Crippen molar-refractivity contribution in [2.24, 2.45) is 0 Å². The van der Waals surface area contributed by atoms with Gasteiger partial charge in [0.2, 0.25) is 0 Å². The summed E-state index contributed by atoms with van der Waals surface area (Å²) in [7, 11) is 4.55. The molecule has 0 aromatic heterocycles. The number of carbonyl (C=O) groups is 1. The van der Waals surface area contributed by atoms with Gasteiger partial charge >= 0.3 is 5.97 Å². The largest absolute Gasteiger partial charge is 0.493 e. The van der Waals surface area contributed by atoms with Crippen molar-refractivity contribution in [2.45, 2.75) is 13.0 Å². The fourth-order valence-corrected chi connectivity index (χ4v) is 1.67. The van der Waals surface area contributed by atoms with Crippen molar-refractivity contribution in [1.29, 1.82) is 0 Å². The van der Waals surface area contributed by atoms with Gasteiger partial charge < -0.3 is 19.3 Å². The standard InChI is InChI=1S/C12H16O5/c1-15-7-8-4-5-10(16-2)12(17-3)9(8)6-11(13)14/h4-5H,6-7H2,1-3H3,(H,13,14). The van der Waals surface area contributed by atoms with Crippen molar-refractivity contribution in [3.63, 3.8) is 0 Å². The van der Waals surface area contributed by atoms with Gasteiger partial charge in [0.05, 0.1) is 27.2 Å². The highest BCUT2D eigenvalue weighted by molar-refractivity contribution is 5.73. The Labute approximate surface area is 99.9 Å². The summed E-state index contributed by atoms with van der Waals surface area (Å²) in [6.07, 6.45) is -0.126. The van der Waals surface area contributed by atoms with Gasteiger partial charge in [-0.05, 0) is 11.6 Å². The third-order valence-corrected chi connectivity index (χ3v) is 2.37. The first kappa shape index (κ1) is 13.3. The molecule has 0 saturated carbocycles. The summed E-state index contributed by atoms with van der Waals surface area (Å²) in [5.74, 6) is 0.0435. The van der Waals surface area contributed by atoms with Crippen LogP contribution in [0.2, 0.25) is 0 Å². The van der Waals surface area contributed by atoms with E-state index in [4.69, 9.17) is 19.3 Å². The van der Waals surface area contributed by atoms with Crippen LogP contribution in [0.1, 0.15) is 11.1 Å². The number of benzene rings is 1. The highest BCUT2D eigenvalue weighted by atomic mass is 16.5. The first-order valence-electron chi connectivity index (χ1n) is 5.07. The summed E-state index contributed by atoms with van der Waals surface area (Å²) in [5, 5.41) is 8.91. The van der Waals surface area contributed by atoms with E-state index in [0.29, 0.717) is 23.7 Å². The van der Waals surface area contributed by atoms with Crippen LogP contribution in [-0.2, 0) is 22.6 Å². The van der Waals surface area contributed by atoms with Crippen molar-refractivity contribution in [1.82, 2.24) is 0 Å². The Morgan fingerprint density at radius 3 is 2.41 bits per heavy atom. The predicted octanol–water partition coefficient (Wildman–Crippen LogP) is 1.48. The molecule has 0 aliphatic carbocycles. The highest BCUT2D eigenvalue weighted by Crippen LogP contribution is 2.34. The second kappa shape index (κ2) is 6.10. The van der Waals surface area contributed by atoms with E-state index in [1.54, 1.807) is 19.2 Å². The molecule has 94 valence electrons. The van der Waals surface area contributed by atoms with Crippen LogP contribution in [0.4, 0.5) is 0 Å². The second-order valence-electron chi connectivity index (χ2n) is 3.44. The normalized spacial score (nSPS) is 10.1. The Balaban J connectivity index is 3.27. The van der Waals surface area contributed by atoms with E-state index >= 15 is 0 Å². The van der Waals surface area contributed by atoms with Gasteiger partial charge in [-0.25, -0.2) is 0 Å². The quantitative estimate of drug-likeness (QED) is 0.815. The van der Waals surface area contributed by atoms with Crippen molar-refractivity contribution >= 4 is 5.97 Å². The Hall–Kier alpha value is -1.75. The van der Waals surface area contributed by atoms with Crippen LogP contribution in [-0.4, -0.2) is 32.4 Å². The maximum atomic E-state index is 10.9. The Morgan fingerprint density at radius 1 is 1.24 bits per heavy atom. The molecule has 17 heavy (non-hydrogen) atoms. The van der Waals surface area contributed by atoms with Crippen LogP contribution in [0.15, 0.2) is 12.1 Å². The zero-order valence-electron chi connectivity index (χ0n) is 10.1. The van der Waals surface area contributed by atoms with Crippen molar-refractivity contribution in [3.8, 4) is 11.5 Å². The number of aliphatic carboxylic acids is 1. The third kappa shape index (κ3) is 3.10. The molecule has 0 aliphatic rings. The van der Waals surface area contributed by atoms with E-state index in [2.05, 4.69) is 0 Å². The molecule has 1 aromatic rings. The first-order chi connectivity index (χ1) is 8.13. The molecule has 5 heteroatoms. The van der Waals surface area contributed by atoms with Gasteiger partial charge in [-0.2, -0.15) is 0 Å². The number of ether oxygens (including phenoxy) is 3. The minimum atomic E-state index is -0.922. The molecular formula is C12H16O5. The van der Waals surface area contributed by atoms with Crippen molar-refractivity contribution < 1.29 is 24.1 Å². The molecule has 0 heterocycles. The molecule has 0 radical (unpaired) electrons. The van der Waals surface area contributed by atoms with Gasteiger partial charge in [-0.3, -0.25) is 4.79 Å². The second-order valence-corrected chi connectivity index (χ2v) is 3.44. The average molecular weight is 240 g/mol. The summed E-state index contributed by atoms with van der Waals surface area (Å²) in [6, 6.07) is 3.52. The van der Waals surface area contributed by atoms with Crippen LogP contribution in [0, 0.1) is 0 Å². The highest BCUT2D eigenvalue weighted by Gasteiger charge is 2.17. The summed E-state index contributed by atoms with van der Waals surface area (Å²) in [6.45, 7) is 0.336. The summed E-state index contributed by atoms with van der Waals surface area (Å²) < 4.78 is 15.4. The summed E-state index contributed by atoms with van der Waals surface area (Å²) in [5.41, 5.74) is 1.37. The van der Waals surface area contributed by atoms with Gasteiger partial charge in [0, 0.05) is 12.7 Å². The fourth-order valence-electron chi connectivity index (χ4n) is 1.67. The van der Waals surface area contributed by atoms with E-state index in [-0.39, 0.29) is 6.42 Å². The molecule has 0 spiro atoms. The summed E-state index contributed by atoms with van der Waals surface area (Å²) >= 11 is 0. The lowest BCUT2D eigenvalue weighted by atomic mass is 10.0. The molecule has 0 bridgehead atoms. The number of carboxylic acid groups (broad SMARTS) is 1. The Morgan fingerprint density at radius 2 is 1.94 bits per heavy atom. The van der Waals surface area contributed by atoms with Gasteiger partial charge in [0.1, 0.15) is 0 Å². The molecule has 1 rings (SSSR count). The van der Waals surface area contributed by atoms with E-state index in [1.807, 2.05) is 0 Å². The van der Waals surface area contributed by atoms with Crippen LogP contribution < -0.4 is 9.47 Å². The molecule has 0 aliphatic heterocycles. The molecule has 5 nitrogen and oxygen atoms in total. The van der Waals surface area contributed by atoms with E-state index in [9.17, 15) is 4.79 Å². The maximum absolute atomic E-state index is 10.9. The van der Waals surface area contributed by atoms with E-state index < -0.39 is 5.97 Å². The minimum Gasteiger partial charge on any atom is -0.493 e. The number of carboxylic acids is 1. The lowest BCUT2D eigenvalue weighted by Gasteiger charge is -2.15. The predicted molar refractivity (Wildman–Crippen MR) is 61.6 cm³/mol. The molecular weight excluding hydrogens is 224 g/mol. The number of hydrogen-bond acceptors (Lipinski definition) is 4. The maximum Gasteiger partial charge on any atom is 0.307 e. The zero-order chi connectivity index (χ0) is 12.8. The molecule has 1 N–H and O–H groups in total. The first-order valence-corrected chi connectivity index (χ1v) is 5.07. The molecule has 0 saturated heterocycles. The van der Waals surface area contributed by atoms with Crippen LogP contribution in [0.3, 0.4) is 0 Å². The fraction of sp³-hybridized carbons (Fsp3) is 0.417. The molecule has 0 atom stereocenters. The van der Waals surface area contributed by atoms with Crippen molar-refractivity contribution in [2.75, 3.05) is 21.3 Å². The van der Waals surface area contributed by atoms with Crippen LogP contribution in [0.5, 0.6) is 11.5 Å². The lowest BCUT2D eigenvalue weighted by Crippen LogP contribution is -2.07. The average Bonchev–Trinajstić information content (AvgIpc) is 2.30. The number of methoxy groups -OCH3 is 3. The topological polar surface area (TPSA) is 65.0 Å². The third-order valence-electron chi connectivity index (χ3n) is 2.37.